The smallest absolute Gasteiger partial charge is 0.421 e. The van der Waals surface area contributed by atoms with Crippen LogP contribution in [0, 0.1) is 23.7 Å². The molecule has 0 saturated heterocycles. The minimum absolute atomic E-state index is 0.0562. The molecule has 174 valence electrons. The Labute approximate surface area is 194 Å². The summed E-state index contributed by atoms with van der Waals surface area (Å²) in [4.78, 5) is 17.2. The number of ketones is 1. The van der Waals surface area contributed by atoms with Crippen molar-refractivity contribution in [3.05, 3.63) is 57.9 Å². The van der Waals surface area contributed by atoms with Crippen LogP contribution in [0.3, 0.4) is 0 Å². The standard InChI is InChI=1S/C25H23ClF3NO3/c1-2-12-7-8-16(33-24-18(25(27,28)29)9-15(26)11-30-24)10-17(12)21-22(31)19-13-3-4-14(6-5-13)20(19)23(21)32/h7-11,13-14,19-20,31H,2-6H2,1H3. The molecule has 4 aliphatic rings. The number of hydrogen-bond acceptors (Lipinski definition) is 4. The van der Waals surface area contributed by atoms with E-state index in [1.165, 1.54) is 6.07 Å². The first-order valence-corrected chi connectivity index (χ1v) is 11.6. The fourth-order valence-corrected chi connectivity index (χ4v) is 6.09. The van der Waals surface area contributed by atoms with E-state index in [1.54, 1.807) is 12.1 Å². The van der Waals surface area contributed by atoms with E-state index in [1.807, 2.05) is 6.92 Å². The summed E-state index contributed by atoms with van der Waals surface area (Å²) in [7, 11) is 0. The number of carbonyl (C=O) groups is 1. The van der Waals surface area contributed by atoms with Gasteiger partial charge >= 0.3 is 6.18 Å². The van der Waals surface area contributed by atoms with Crippen LogP contribution in [0.15, 0.2) is 36.2 Å². The molecule has 1 aromatic heterocycles. The first-order chi connectivity index (χ1) is 15.7. The Morgan fingerprint density at radius 3 is 2.39 bits per heavy atom. The van der Waals surface area contributed by atoms with Gasteiger partial charge in [0.1, 0.15) is 17.1 Å². The van der Waals surface area contributed by atoms with Gasteiger partial charge in [-0.3, -0.25) is 4.79 Å². The van der Waals surface area contributed by atoms with Crippen molar-refractivity contribution < 1.29 is 27.8 Å². The first-order valence-electron chi connectivity index (χ1n) is 11.2. The van der Waals surface area contributed by atoms with Crippen molar-refractivity contribution in [2.45, 2.75) is 45.2 Å². The highest BCUT2D eigenvalue weighted by atomic mass is 35.5. The topological polar surface area (TPSA) is 59.4 Å². The van der Waals surface area contributed by atoms with E-state index in [9.17, 15) is 23.1 Å². The summed E-state index contributed by atoms with van der Waals surface area (Å²) in [5, 5.41) is 11.0. The van der Waals surface area contributed by atoms with Crippen LogP contribution in [0.5, 0.6) is 11.6 Å². The van der Waals surface area contributed by atoms with Crippen LogP contribution < -0.4 is 4.74 Å². The molecule has 2 atom stereocenters. The molecule has 0 amide bonds. The molecule has 1 aromatic carbocycles. The van der Waals surface area contributed by atoms with Crippen molar-refractivity contribution in [1.29, 1.82) is 0 Å². The van der Waals surface area contributed by atoms with Crippen molar-refractivity contribution >= 4 is 23.0 Å². The van der Waals surface area contributed by atoms with E-state index in [0.717, 1.165) is 43.5 Å². The summed E-state index contributed by atoms with van der Waals surface area (Å²) >= 11 is 5.71. The first kappa shape index (κ1) is 22.3. The number of halogens is 4. The zero-order valence-corrected chi connectivity index (χ0v) is 18.7. The van der Waals surface area contributed by atoms with Gasteiger partial charge in [0, 0.05) is 18.0 Å². The molecule has 0 spiro atoms. The van der Waals surface area contributed by atoms with E-state index in [0.29, 0.717) is 23.5 Å². The third kappa shape index (κ3) is 3.70. The summed E-state index contributed by atoms with van der Waals surface area (Å²) in [5.74, 6) is -0.201. The number of alkyl halides is 3. The molecular weight excluding hydrogens is 455 g/mol. The van der Waals surface area contributed by atoms with Crippen LogP contribution in [-0.4, -0.2) is 15.9 Å². The predicted molar refractivity (Wildman–Crippen MR) is 117 cm³/mol. The molecular formula is C25H23ClF3NO3. The molecule has 0 radical (unpaired) electrons. The lowest BCUT2D eigenvalue weighted by Crippen LogP contribution is -2.41. The van der Waals surface area contributed by atoms with Crippen LogP contribution in [-0.2, 0) is 17.4 Å². The molecule has 6 rings (SSSR count). The highest BCUT2D eigenvalue weighted by Gasteiger charge is 2.54. The molecule has 1 N–H and O–H groups in total. The van der Waals surface area contributed by atoms with E-state index in [2.05, 4.69) is 4.98 Å². The summed E-state index contributed by atoms with van der Waals surface area (Å²) in [6.45, 7) is 1.93. The SMILES string of the molecule is CCc1ccc(Oc2ncc(Cl)cc2C(F)(F)F)cc1C1=C(O)C2C3CCC(CC3)C2C1=O. The summed E-state index contributed by atoms with van der Waals surface area (Å²) in [6.07, 6.45) is 1.02. The number of hydrogen-bond donors (Lipinski definition) is 1. The average molecular weight is 478 g/mol. The lowest BCUT2D eigenvalue weighted by atomic mass is 9.59. The molecule has 2 bridgehead atoms. The van der Waals surface area contributed by atoms with Gasteiger partial charge in [-0.25, -0.2) is 4.98 Å². The van der Waals surface area contributed by atoms with Crippen molar-refractivity contribution in [3.63, 3.8) is 0 Å². The third-order valence-corrected chi connectivity index (χ3v) is 7.62. The Morgan fingerprint density at radius 1 is 1.12 bits per heavy atom. The zero-order chi connectivity index (χ0) is 23.5. The summed E-state index contributed by atoms with van der Waals surface area (Å²) in [5.41, 5.74) is 0.557. The van der Waals surface area contributed by atoms with Gasteiger partial charge in [0.05, 0.1) is 10.6 Å². The number of ether oxygens (including phenoxy) is 1. The number of Topliss-reactive ketones (excluding diaryl/α,β-unsaturated/α-hetero) is 1. The van der Waals surface area contributed by atoms with Gasteiger partial charge in [-0.2, -0.15) is 13.2 Å². The van der Waals surface area contributed by atoms with E-state index in [4.69, 9.17) is 16.3 Å². The van der Waals surface area contributed by atoms with Gasteiger partial charge in [-0.1, -0.05) is 24.6 Å². The average Bonchev–Trinajstić information content (AvgIpc) is 3.07. The van der Waals surface area contributed by atoms with Gasteiger partial charge in [0.2, 0.25) is 5.88 Å². The number of nitrogens with zero attached hydrogens (tertiary/aromatic N) is 1. The van der Waals surface area contributed by atoms with Crippen molar-refractivity contribution in [2.75, 3.05) is 0 Å². The van der Waals surface area contributed by atoms with Crippen LogP contribution >= 0.6 is 11.6 Å². The zero-order valence-electron chi connectivity index (χ0n) is 18.0. The Morgan fingerprint density at radius 2 is 1.79 bits per heavy atom. The molecule has 8 heteroatoms. The number of aromatic nitrogens is 1. The van der Waals surface area contributed by atoms with Gasteiger partial charge in [-0.05, 0) is 73.3 Å². The highest BCUT2D eigenvalue weighted by molar-refractivity contribution is 6.30. The molecule has 3 saturated carbocycles. The lowest BCUT2D eigenvalue weighted by Gasteiger charge is -2.44. The monoisotopic (exact) mass is 477 g/mol. The number of aryl methyl sites for hydroxylation is 1. The second-order valence-electron chi connectivity index (χ2n) is 9.13. The number of benzene rings is 1. The molecule has 3 fully saturated rings. The second kappa shape index (κ2) is 8.05. The fourth-order valence-electron chi connectivity index (χ4n) is 5.93. The molecule has 2 unspecified atom stereocenters. The van der Waals surface area contributed by atoms with Crippen LogP contribution in [0.2, 0.25) is 5.02 Å². The lowest BCUT2D eigenvalue weighted by molar-refractivity contribution is -0.138. The Bertz CT molecular complexity index is 1150. The van der Waals surface area contributed by atoms with Crippen molar-refractivity contribution in [2.24, 2.45) is 23.7 Å². The summed E-state index contributed by atoms with van der Waals surface area (Å²) in [6, 6.07) is 5.57. The van der Waals surface area contributed by atoms with Crippen molar-refractivity contribution in [1.82, 2.24) is 4.98 Å². The van der Waals surface area contributed by atoms with Gasteiger partial charge in [0.15, 0.2) is 5.78 Å². The quantitative estimate of drug-likeness (QED) is 0.514. The van der Waals surface area contributed by atoms with E-state index in [-0.39, 0.29) is 40.1 Å². The van der Waals surface area contributed by atoms with Gasteiger partial charge in [0.25, 0.3) is 0 Å². The van der Waals surface area contributed by atoms with Gasteiger partial charge < -0.3 is 9.84 Å². The Balaban J connectivity index is 1.55. The maximum atomic E-state index is 13.5. The number of allylic oxidation sites excluding steroid dienone is 2. The number of carbonyl (C=O) groups excluding carboxylic acids is 1. The largest absolute Gasteiger partial charge is 0.511 e. The summed E-state index contributed by atoms with van der Waals surface area (Å²) < 4.78 is 45.9. The molecule has 1 heterocycles. The van der Waals surface area contributed by atoms with E-state index < -0.39 is 17.6 Å². The Hall–Kier alpha value is -2.54. The molecule has 2 aromatic rings. The minimum Gasteiger partial charge on any atom is -0.511 e. The van der Waals surface area contributed by atoms with Crippen LogP contribution in [0.25, 0.3) is 5.57 Å². The van der Waals surface area contributed by atoms with Gasteiger partial charge in [-0.15, -0.1) is 0 Å². The Kier molecular flexibility index (Phi) is 5.43. The molecule has 4 aliphatic carbocycles. The number of fused-ring (bicyclic) bond motifs is 2. The maximum absolute atomic E-state index is 13.5. The highest BCUT2D eigenvalue weighted by Crippen LogP contribution is 2.57. The fraction of sp³-hybridized carbons (Fsp3) is 0.440. The minimum atomic E-state index is -4.70. The molecule has 4 nitrogen and oxygen atoms in total. The number of aliphatic hydroxyl groups excluding tert-OH is 1. The van der Waals surface area contributed by atoms with Crippen molar-refractivity contribution in [3.8, 4) is 11.6 Å². The number of rotatable bonds is 4. The predicted octanol–water partition coefficient (Wildman–Crippen LogP) is 7.01. The second-order valence-corrected chi connectivity index (χ2v) is 9.57. The normalized spacial score (nSPS) is 26.6. The molecule has 33 heavy (non-hydrogen) atoms. The molecule has 0 aliphatic heterocycles. The number of aliphatic hydroxyl groups is 1. The third-order valence-electron chi connectivity index (χ3n) is 7.41. The number of pyridine rings is 1. The van der Waals surface area contributed by atoms with Crippen LogP contribution in [0.1, 0.15) is 49.3 Å². The maximum Gasteiger partial charge on any atom is 0.421 e. The van der Waals surface area contributed by atoms with E-state index >= 15 is 0 Å². The van der Waals surface area contributed by atoms with Crippen LogP contribution in [0.4, 0.5) is 13.2 Å².